The average molecular weight is 289 g/mol. The Hall–Kier alpha value is -0.490. The number of halogens is 1. The Morgan fingerprint density at radius 1 is 1.20 bits per heavy atom. The van der Waals surface area contributed by atoms with Gasteiger partial charge in [-0.3, -0.25) is 0 Å². The highest BCUT2D eigenvalue weighted by molar-refractivity contribution is 6.30. The van der Waals surface area contributed by atoms with E-state index in [9.17, 15) is 0 Å². The second kappa shape index (κ2) is 4.77. The molecule has 2 atom stereocenters. The van der Waals surface area contributed by atoms with Gasteiger partial charge in [-0.25, -0.2) is 0 Å². The summed E-state index contributed by atoms with van der Waals surface area (Å²) in [6.45, 7) is 2.42. The maximum Gasteiger partial charge on any atom is 0.0409 e. The molecule has 0 aromatic heterocycles. The lowest BCUT2D eigenvalue weighted by molar-refractivity contribution is 0.263. The maximum atomic E-state index is 6.23. The molecule has 0 N–H and O–H groups in total. The molecule has 20 heavy (non-hydrogen) atoms. The largest absolute Gasteiger partial charge is 0.0843 e. The van der Waals surface area contributed by atoms with Crippen molar-refractivity contribution in [1.82, 2.24) is 0 Å². The van der Waals surface area contributed by atoms with E-state index in [0.717, 1.165) is 22.8 Å². The van der Waals surface area contributed by atoms with Gasteiger partial charge in [-0.1, -0.05) is 50.3 Å². The van der Waals surface area contributed by atoms with Crippen molar-refractivity contribution < 1.29 is 0 Å². The van der Waals surface area contributed by atoms with E-state index in [4.69, 9.17) is 11.6 Å². The number of fused-ring (bicyclic) bond motifs is 2. The summed E-state index contributed by atoms with van der Waals surface area (Å²) in [4.78, 5) is 0. The van der Waals surface area contributed by atoms with Crippen LogP contribution >= 0.6 is 11.6 Å². The van der Waals surface area contributed by atoms with Crippen LogP contribution in [0.5, 0.6) is 0 Å². The molecule has 0 aliphatic heterocycles. The van der Waals surface area contributed by atoms with Crippen LogP contribution in [-0.4, -0.2) is 0 Å². The monoisotopic (exact) mass is 288 g/mol. The summed E-state index contributed by atoms with van der Waals surface area (Å²) in [5, 5.41) is 0.933. The number of aryl methyl sites for hydroxylation is 1. The topological polar surface area (TPSA) is 0 Å². The highest BCUT2D eigenvalue weighted by Crippen LogP contribution is 2.64. The van der Waals surface area contributed by atoms with Crippen molar-refractivity contribution in [1.29, 1.82) is 0 Å². The normalized spacial score (nSPS) is 39.0. The molecule has 2 unspecified atom stereocenters. The fraction of sp³-hybridized carbons (Fsp3) is 0.684. The SMILES string of the molecule is CC1CCC(CC2CC23CCc2ccc(Cl)cc23)CC1. The van der Waals surface area contributed by atoms with E-state index in [1.807, 2.05) is 0 Å². The Morgan fingerprint density at radius 3 is 2.80 bits per heavy atom. The first-order valence-electron chi connectivity index (χ1n) is 8.46. The maximum absolute atomic E-state index is 6.23. The number of hydrogen-bond acceptors (Lipinski definition) is 0. The van der Waals surface area contributed by atoms with Gasteiger partial charge in [-0.05, 0) is 72.1 Å². The van der Waals surface area contributed by atoms with E-state index in [1.165, 1.54) is 51.4 Å². The van der Waals surface area contributed by atoms with Gasteiger partial charge in [0.2, 0.25) is 0 Å². The van der Waals surface area contributed by atoms with E-state index < -0.39 is 0 Å². The molecule has 1 spiro atoms. The molecule has 108 valence electrons. The average Bonchev–Trinajstić information content (AvgIpc) is 3.01. The second-order valence-electron chi connectivity index (χ2n) is 7.72. The zero-order valence-electron chi connectivity index (χ0n) is 12.5. The first kappa shape index (κ1) is 13.2. The first-order valence-corrected chi connectivity index (χ1v) is 8.84. The van der Waals surface area contributed by atoms with Gasteiger partial charge in [0.25, 0.3) is 0 Å². The fourth-order valence-corrected chi connectivity index (χ4v) is 5.19. The minimum atomic E-state index is 0.545. The third-order valence-corrected chi connectivity index (χ3v) is 6.67. The van der Waals surface area contributed by atoms with Crippen molar-refractivity contribution in [3.63, 3.8) is 0 Å². The van der Waals surface area contributed by atoms with Crippen molar-refractivity contribution in [3.05, 3.63) is 34.3 Å². The van der Waals surface area contributed by atoms with Crippen molar-refractivity contribution >= 4 is 11.6 Å². The van der Waals surface area contributed by atoms with Gasteiger partial charge in [-0.15, -0.1) is 0 Å². The van der Waals surface area contributed by atoms with Gasteiger partial charge in [-0.2, -0.15) is 0 Å². The molecule has 3 aliphatic rings. The van der Waals surface area contributed by atoms with Gasteiger partial charge in [0, 0.05) is 5.02 Å². The molecular formula is C19H25Cl. The van der Waals surface area contributed by atoms with Gasteiger partial charge < -0.3 is 0 Å². The molecule has 0 amide bonds. The Kier molecular flexibility index (Phi) is 3.14. The van der Waals surface area contributed by atoms with E-state index in [1.54, 1.807) is 11.1 Å². The third-order valence-electron chi connectivity index (χ3n) is 6.43. The molecule has 0 heterocycles. The molecule has 1 aromatic carbocycles. The van der Waals surface area contributed by atoms with Crippen molar-refractivity contribution in [2.75, 3.05) is 0 Å². The van der Waals surface area contributed by atoms with E-state index in [-0.39, 0.29) is 0 Å². The number of rotatable bonds is 2. The Bertz CT molecular complexity index is 512. The zero-order chi connectivity index (χ0) is 13.7. The number of benzene rings is 1. The smallest absolute Gasteiger partial charge is 0.0409 e. The van der Waals surface area contributed by atoms with Gasteiger partial charge in [0.15, 0.2) is 0 Å². The van der Waals surface area contributed by atoms with Crippen LogP contribution in [0.4, 0.5) is 0 Å². The Morgan fingerprint density at radius 2 is 2.00 bits per heavy atom. The molecule has 0 nitrogen and oxygen atoms in total. The summed E-state index contributed by atoms with van der Waals surface area (Å²) in [6.07, 6.45) is 11.5. The van der Waals surface area contributed by atoms with Crippen LogP contribution in [0.2, 0.25) is 5.02 Å². The highest BCUT2D eigenvalue weighted by atomic mass is 35.5. The minimum Gasteiger partial charge on any atom is -0.0843 e. The van der Waals surface area contributed by atoms with Crippen molar-refractivity contribution in [2.45, 2.75) is 63.7 Å². The summed E-state index contributed by atoms with van der Waals surface area (Å²) in [7, 11) is 0. The molecule has 1 heteroatoms. The standard InChI is InChI=1S/C19H25Cl/c1-13-2-4-14(5-3-13)10-16-12-19(16)9-8-15-6-7-17(20)11-18(15)19/h6-7,11,13-14,16H,2-5,8-10,12H2,1H3. The lowest BCUT2D eigenvalue weighted by atomic mass is 9.79. The van der Waals surface area contributed by atoms with E-state index in [0.29, 0.717) is 5.41 Å². The van der Waals surface area contributed by atoms with Crippen LogP contribution in [0.1, 0.15) is 63.0 Å². The molecule has 2 saturated carbocycles. The Labute approximate surface area is 127 Å². The third kappa shape index (κ3) is 2.11. The first-order chi connectivity index (χ1) is 9.67. The van der Waals surface area contributed by atoms with Gasteiger partial charge in [0.05, 0.1) is 0 Å². The van der Waals surface area contributed by atoms with Crippen molar-refractivity contribution in [2.24, 2.45) is 17.8 Å². The predicted octanol–water partition coefficient (Wildman–Crippen LogP) is 5.76. The lowest BCUT2D eigenvalue weighted by Crippen LogP contribution is -2.15. The molecular weight excluding hydrogens is 264 g/mol. The molecule has 0 bridgehead atoms. The summed E-state index contributed by atoms with van der Waals surface area (Å²) >= 11 is 6.23. The van der Waals surface area contributed by atoms with Gasteiger partial charge in [0.1, 0.15) is 0 Å². The van der Waals surface area contributed by atoms with Crippen LogP contribution in [-0.2, 0) is 11.8 Å². The zero-order valence-corrected chi connectivity index (χ0v) is 13.3. The van der Waals surface area contributed by atoms with Crippen LogP contribution in [0.3, 0.4) is 0 Å². The van der Waals surface area contributed by atoms with Crippen LogP contribution < -0.4 is 0 Å². The molecule has 3 aliphatic carbocycles. The second-order valence-corrected chi connectivity index (χ2v) is 8.16. The quantitative estimate of drug-likeness (QED) is 0.649. The predicted molar refractivity (Wildman–Crippen MR) is 85.3 cm³/mol. The van der Waals surface area contributed by atoms with Gasteiger partial charge >= 0.3 is 0 Å². The van der Waals surface area contributed by atoms with Crippen LogP contribution in [0, 0.1) is 17.8 Å². The molecule has 1 aromatic rings. The number of hydrogen-bond donors (Lipinski definition) is 0. The van der Waals surface area contributed by atoms with Crippen molar-refractivity contribution in [3.8, 4) is 0 Å². The highest BCUT2D eigenvalue weighted by Gasteiger charge is 2.57. The molecule has 0 saturated heterocycles. The molecule has 2 fully saturated rings. The summed E-state index contributed by atoms with van der Waals surface area (Å²) in [5.41, 5.74) is 3.73. The molecule has 0 radical (unpaired) electrons. The van der Waals surface area contributed by atoms with Crippen LogP contribution in [0.25, 0.3) is 0 Å². The van der Waals surface area contributed by atoms with E-state index in [2.05, 4.69) is 25.1 Å². The fourth-order valence-electron chi connectivity index (χ4n) is 5.02. The van der Waals surface area contributed by atoms with E-state index >= 15 is 0 Å². The molecule has 4 rings (SSSR count). The Balaban J connectivity index is 1.47. The summed E-state index contributed by atoms with van der Waals surface area (Å²) in [5.74, 6) is 2.95. The summed E-state index contributed by atoms with van der Waals surface area (Å²) in [6, 6.07) is 6.61. The lowest BCUT2D eigenvalue weighted by Gasteiger charge is -2.27. The minimum absolute atomic E-state index is 0.545. The van der Waals surface area contributed by atoms with Crippen LogP contribution in [0.15, 0.2) is 18.2 Å². The summed E-state index contributed by atoms with van der Waals surface area (Å²) < 4.78 is 0.